The van der Waals surface area contributed by atoms with Crippen LogP contribution in [0.2, 0.25) is 0 Å². The molecule has 2 saturated heterocycles. The summed E-state index contributed by atoms with van der Waals surface area (Å²) in [5.74, 6) is -1.05. The van der Waals surface area contributed by atoms with Crippen LogP contribution < -0.4 is 0 Å². The summed E-state index contributed by atoms with van der Waals surface area (Å²) in [7, 11) is 0. The fourth-order valence-electron chi connectivity index (χ4n) is 7.14. The largest absolute Gasteiger partial charge is 0.462 e. The second-order valence-corrected chi connectivity index (χ2v) is 17.3. The first-order valence-corrected chi connectivity index (χ1v) is 25.3. The Hall–Kier alpha value is -3.58. The average Bonchev–Trinajstić information content (AvgIpc) is 3.34. The summed E-state index contributed by atoms with van der Waals surface area (Å²) in [5.41, 5.74) is 0. The SMILES string of the molecule is CC/C=C\C/C=C\C/C=C\C/C=C\C/C=C\C/C=C\CCC(=O)OC(COC(=O)CCCCCCC/C=C\C/C=C\CCCC)COC1OC(COC2OC(CO)C(O)C(O)C2O)C(O)C(O)C1O. The molecule has 11 unspecified atom stereocenters. The molecule has 2 aliphatic rings. The van der Waals surface area contributed by atoms with E-state index in [2.05, 4.69) is 92.8 Å². The van der Waals surface area contributed by atoms with Gasteiger partial charge in [0.1, 0.15) is 55.4 Å². The van der Waals surface area contributed by atoms with E-state index >= 15 is 0 Å². The van der Waals surface area contributed by atoms with Gasteiger partial charge in [-0.25, -0.2) is 0 Å². The molecule has 69 heavy (non-hydrogen) atoms. The van der Waals surface area contributed by atoms with Gasteiger partial charge in [0.05, 0.1) is 19.8 Å². The molecule has 11 atom stereocenters. The van der Waals surface area contributed by atoms with E-state index in [1.54, 1.807) is 0 Å². The zero-order valence-corrected chi connectivity index (χ0v) is 41.2. The molecule has 0 radical (unpaired) electrons. The van der Waals surface area contributed by atoms with Crippen molar-refractivity contribution in [2.45, 2.75) is 203 Å². The van der Waals surface area contributed by atoms with Gasteiger partial charge in [0.15, 0.2) is 18.7 Å². The summed E-state index contributed by atoms with van der Waals surface area (Å²) < 4.78 is 33.4. The van der Waals surface area contributed by atoms with Crippen LogP contribution in [0.5, 0.6) is 0 Å². The van der Waals surface area contributed by atoms with E-state index in [0.717, 1.165) is 77.0 Å². The van der Waals surface area contributed by atoms with Crippen molar-refractivity contribution >= 4 is 11.9 Å². The van der Waals surface area contributed by atoms with E-state index in [1.807, 2.05) is 18.2 Å². The van der Waals surface area contributed by atoms with Gasteiger partial charge in [-0.05, 0) is 77.0 Å². The molecule has 0 aliphatic carbocycles. The summed E-state index contributed by atoms with van der Waals surface area (Å²) in [4.78, 5) is 25.7. The van der Waals surface area contributed by atoms with Crippen LogP contribution in [0.3, 0.4) is 0 Å². The Morgan fingerprint density at radius 2 is 0.942 bits per heavy atom. The topological polar surface area (TPSA) is 231 Å². The van der Waals surface area contributed by atoms with Crippen molar-refractivity contribution in [3.05, 3.63) is 97.2 Å². The predicted molar refractivity (Wildman–Crippen MR) is 265 cm³/mol. The minimum Gasteiger partial charge on any atom is -0.462 e. The summed E-state index contributed by atoms with van der Waals surface area (Å²) >= 11 is 0. The van der Waals surface area contributed by atoms with Crippen molar-refractivity contribution in [2.75, 3.05) is 26.4 Å². The number of ether oxygens (including phenoxy) is 6. The molecule has 2 heterocycles. The number of hydrogen-bond donors (Lipinski definition) is 7. The molecule has 0 saturated carbocycles. The maximum Gasteiger partial charge on any atom is 0.306 e. The number of esters is 2. The number of aliphatic hydroxyl groups is 7. The van der Waals surface area contributed by atoms with E-state index in [1.165, 1.54) is 12.8 Å². The Labute approximate surface area is 411 Å². The molecule has 392 valence electrons. The standard InChI is InChI=1S/C54H86O15/c1-3-5-7-9-11-13-15-17-19-20-21-22-23-25-27-29-31-33-35-37-46(57)67-42(39-64-45(56)36-34-32-30-28-26-24-18-16-14-12-10-8-6-4-2)40-65-53-52(63)50(61)48(59)44(69-53)41-66-54-51(62)49(60)47(58)43(38-55)68-54/h5,7,10-13,16-19,21-22,25,27,31,33,42-44,47-55,58-63H,3-4,6,8-9,14-15,20,23-24,26,28-30,32,34-41H2,1-2H3/b7-5-,12-10-,13-11-,18-16-,19-17-,22-21-,27-25-,33-31-. The zero-order valence-electron chi connectivity index (χ0n) is 41.2. The number of unbranched alkanes of at least 4 members (excludes halogenated alkanes) is 7. The van der Waals surface area contributed by atoms with Gasteiger partial charge in [-0.2, -0.15) is 0 Å². The first-order chi connectivity index (χ1) is 33.5. The minimum atomic E-state index is -1.79. The fraction of sp³-hybridized carbons (Fsp3) is 0.667. The molecule has 0 amide bonds. The van der Waals surface area contributed by atoms with Crippen LogP contribution in [0, 0.1) is 0 Å². The van der Waals surface area contributed by atoms with E-state index in [-0.39, 0.29) is 19.4 Å². The highest BCUT2D eigenvalue weighted by Gasteiger charge is 2.47. The lowest BCUT2D eigenvalue weighted by molar-refractivity contribution is -0.332. The van der Waals surface area contributed by atoms with Gasteiger partial charge in [-0.1, -0.05) is 143 Å². The van der Waals surface area contributed by atoms with Crippen LogP contribution in [-0.2, 0) is 38.0 Å². The second-order valence-electron chi connectivity index (χ2n) is 17.3. The molecule has 0 aromatic heterocycles. The van der Waals surface area contributed by atoms with E-state index in [4.69, 9.17) is 28.4 Å². The number of aliphatic hydroxyl groups excluding tert-OH is 7. The number of rotatable bonds is 37. The first kappa shape index (κ1) is 61.5. The maximum absolute atomic E-state index is 13.0. The molecule has 0 aromatic carbocycles. The van der Waals surface area contributed by atoms with E-state index < -0.39 is 99.3 Å². The molecular weight excluding hydrogens is 889 g/mol. The second kappa shape index (κ2) is 40.1. The van der Waals surface area contributed by atoms with E-state index in [0.29, 0.717) is 19.3 Å². The minimum absolute atomic E-state index is 0.0311. The lowest BCUT2D eigenvalue weighted by Crippen LogP contribution is -2.61. The number of carbonyl (C=O) groups is 2. The van der Waals surface area contributed by atoms with Gasteiger partial charge < -0.3 is 64.2 Å². The smallest absolute Gasteiger partial charge is 0.306 e. The normalized spacial score (nSPS) is 26.4. The van der Waals surface area contributed by atoms with Gasteiger partial charge in [0.2, 0.25) is 0 Å². The van der Waals surface area contributed by atoms with Crippen molar-refractivity contribution in [1.29, 1.82) is 0 Å². The fourth-order valence-corrected chi connectivity index (χ4v) is 7.14. The summed E-state index contributed by atoms with van der Waals surface area (Å²) in [6, 6.07) is 0. The number of hydrogen-bond acceptors (Lipinski definition) is 15. The Balaban J connectivity index is 1.86. The van der Waals surface area contributed by atoms with Crippen molar-refractivity contribution in [3.8, 4) is 0 Å². The molecule has 7 N–H and O–H groups in total. The summed E-state index contributed by atoms with van der Waals surface area (Å²) in [6.07, 6.45) is 33.0. The van der Waals surface area contributed by atoms with Crippen LogP contribution in [0.1, 0.15) is 136 Å². The van der Waals surface area contributed by atoms with Crippen LogP contribution in [0.25, 0.3) is 0 Å². The third kappa shape index (κ3) is 28.2. The quantitative estimate of drug-likeness (QED) is 0.0189. The Morgan fingerprint density at radius 3 is 1.49 bits per heavy atom. The first-order valence-electron chi connectivity index (χ1n) is 25.3. The van der Waals surface area contributed by atoms with Gasteiger partial charge in [0.25, 0.3) is 0 Å². The molecule has 0 spiro atoms. The lowest BCUT2D eigenvalue weighted by Gasteiger charge is -2.42. The Kier molecular flexibility index (Phi) is 35.7. The number of carbonyl (C=O) groups excluding carboxylic acids is 2. The van der Waals surface area contributed by atoms with Gasteiger partial charge in [0, 0.05) is 12.8 Å². The average molecular weight is 975 g/mol. The monoisotopic (exact) mass is 975 g/mol. The lowest BCUT2D eigenvalue weighted by atomic mass is 9.98. The maximum atomic E-state index is 13.0. The van der Waals surface area contributed by atoms with Gasteiger partial charge in [-0.3, -0.25) is 9.59 Å². The van der Waals surface area contributed by atoms with Crippen LogP contribution >= 0.6 is 0 Å². The molecule has 15 heteroatoms. The zero-order chi connectivity index (χ0) is 50.3. The van der Waals surface area contributed by atoms with E-state index in [9.17, 15) is 45.3 Å². The summed E-state index contributed by atoms with van der Waals surface area (Å²) in [6.45, 7) is 2.31. The van der Waals surface area contributed by atoms with Crippen molar-refractivity contribution in [1.82, 2.24) is 0 Å². The molecule has 15 nitrogen and oxygen atoms in total. The third-order valence-electron chi connectivity index (χ3n) is 11.3. The van der Waals surface area contributed by atoms with Gasteiger partial charge >= 0.3 is 11.9 Å². The summed E-state index contributed by atoms with van der Waals surface area (Å²) in [5, 5.41) is 72.0. The van der Waals surface area contributed by atoms with Crippen LogP contribution in [0.15, 0.2) is 97.2 Å². The third-order valence-corrected chi connectivity index (χ3v) is 11.3. The predicted octanol–water partition coefficient (Wildman–Crippen LogP) is 6.98. The van der Waals surface area contributed by atoms with Crippen molar-refractivity contribution in [3.63, 3.8) is 0 Å². The Bertz CT molecular complexity index is 1570. The highest BCUT2D eigenvalue weighted by Crippen LogP contribution is 2.26. The highest BCUT2D eigenvalue weighted by molar-refractivity contribution is 5.70. The van der Waals surface area contributed by atoms with Crippen molar-refractivity contribution in [2.24, 2.45) is 0 Å². The molecule has 2 rings (SSSR count). The highest BCUT2D eigenvalue weighted by atomic mass is 16.7. The number of allylic oxidation sites excluding steroid dienone is 16. The Morgan fingerprint density at radius 1 is 0.478 bits per heavy atom. The molecule has 0 bridgehead atoms. The molecule has 2 aliphatic heterocycles. The molecular formula is C54H86O15. The van der Waals surface area contributed by atoms with Crippen molar-refractivity contribution < 1.29 is 73.8 Å². The molecule has 2 fully saturated rings. The van der Waals surface area contributed by atoms with Gasteiger partial charge in [-0.15, -0.1) is 0 Å². The molecule has 0 aromatic rings. The van der Waals surface area contributed by atoms with Crippen LogP contribution in [-0.4, -0.2) is 142 Å². The van der Waals surface area contributed by atoms with Crippen LogP contribution in [0.4, 0.5) is 0 Å².